The predicted octanol–water partition coefficient (Wildman–Crippen LogP) is 3.71. The molecule has 4 rings (SSSR count). The standard InChI is InChI=1S/C16H21NOS/c18-13-9-11-3-1-4-12(10-13)17(11)15-5-2-6-16-14(15)7-8-19-16/h7-8,11-12,15H,1-6,9-10H2. The highest BCUT2D eigenvalue weighted by Gasteiger charge is 2.42. The van der Waals surface area contributed by atoms with Crippen LogP contribution in [0.15, 0.2) is 11.4 Å². The largest absolute Gasteiger partial charge is 0.300 e. The van der Waals surface area contributed by atoms with E-state index in [0.29, 0.717) is 23.9 Å². The van der Waals surface area contributed by atoms with Crippen LogP contribution in [0.3, 0.4) is 0 Å². The van der Waals surface area contributed by atoms with E-state index in [2.05, 4.69) is 16.3 Å². The Morgan fingerprint density at radius 1 is 1.11 bits per heavy atom. The molecule has 1 aromatic heterocycles. The number of Topliss-reactive ketones (excluding diaryl/α,β-unsaturated/α-hetero) is 1. The summed E-state index contributed by atoms with van der Waals surface area (Å²) in [6.45, 7) is 0. The third-order valence-electron chi connectivity index (χ3n) is 5.22. The maximum absolute atomic E-state index is 11.9. The van der Waals surface area contributed by atoms with Gasteiger partial charge in [0.15, 0.2) is 0 Å². The van der Waals surface area contributed by atoms with Crippen LogP contribution in [-0.4, -0.2) is 22.8 Å². The van der Waals surface area contributed by atoms with Crippen LogP contribution in [0.4, 0.5) is 0 Å². The number of rotatable bonds is 1. The molecule has 2 bridgehead atoms. The molecule has 3 atom stereocenters. The highest BCUT2D eigenvalue weighted by Crippen LogP contribution is 2.44. The number of piperidine rings is 2. The molecule has 0 spiro atoms. The predicted molar refractivity (Wildman–Crippen MR) is 77.5 cm³/mol. The van der Waals surface area contributed by atoms with Gasteiger partial charge in [-0.25, -0.2) is 0 Å². The number of ketones is 1. The Labute approximate surface area is 118 Å². The number of carbonyl (C=O) groups excluding carboxylic acids is 1. The lowest BCUT2D eigenvalue weighted by Crippen LogP contribution is -2.54. The highest BCUT2D eigenvalue weighted by molar-refractivity contribution is 7.10. The summed E-state index contributed by atoms with van der Waals surface area (Å²) in [5.41, 5.74) is 1.59. The van der Waals surface area contributed by atoms with Crippen LogP contribution in [0.1, 0.15) is 61.4 Å². The molecule has 1 aromatic rings. The molecule has 0 amide bonds. The van der Waals surface area contributed by atoms with Gasteiger partial charge in [0.1, 0.15) is 5.78 Å². The minimum absolute atomic E-state index is 0.507. The summed E-state index contributed by atoms with van der Waals surface area (Å²) in [5.74, 6) is 0.507. The fourth-order valence-corrected chi connectivity index (χ4v) is 5.47. The molecule has 0 radical (unpaired) electrons. The average Bonchev–Trinajstić information content (AvgIpc) is 2.86. The van der Waals surface area contributed by atoms with Crippen molar-refractivity contribution < 1.29 is 4.79 Å². The van der Waals surface area contributed by atoms with Crippen molar-refractivity contribution in [1.82, 2.24) is 4.90 Å². The number of nitrogens with zero attached hydrogens (tertiary/aromatic N) is 1. The van der Waals surface area contributed by atoms with Gasteiger partial charge in [-0.05, 0) is 49.1 Å². The average molecular weight is 275 g/mol. The first-order valence-corrected chi connectivity index (χ1v) is 8.56. The molecule has 3 heterocycles. The Morgan fingerprint density at radius 2 is 1.89 bits per heavy atom. The molecule has 102 valence electrons. The lowest BCUT2D eigenvalue weighted by molar-refractivity contribution is -0.129. The molecule has 3 unspecified atom stereocenters. The summed E-state index contributed by atoms with van der Waals surface area (Å²) in [7, 11) is 0. The molecule has 0 saturated carbocycles. The maximum Gasteiger partial charge on any atom is 0.136 e. The molecule has 2 aliphatic heterocycles. The molecule has 2 fully saturated rings. The number of fused-ring (bicyclic) bond motifs is 3. The topological polar surface area (TPSA) is 20.3 Å². The summed E-state index contributed by atoms with van der Waals surface area (Å²) < 4.78 is 0. The Bertz CT molecular complexity index is 479. The van der Waals surface area contributed by atoms with E-state index in [-0.39, 0.29) is 0 Å². The quantitative estimate of drug-likeness (QED) is 0.778. The second-order valence-electron chi connectivity index (χ2n) is 6.34. The molecule has 3 heteroatoms. The van der Waals surface area contributed by atoms with Gasteiger partial charge in [-0.15, -0.1) is 11.3 Å². The van der Waals surface area contributed by atoms with Crippen molar-refractivity contribution in [2.24, 2.45) is 0 Å². The number of hydrogen-bond acceptors (Lipinski definition) is 3. The fourth-order valence-electron chi connectivity index (χ4n) is 4.49. The van der Waals surface area contributed by atoms with Crippen LogP contribution in [-0.2, 0) is 11.2 Å². The van der Waals surface area contributed by atoms with E-state index in [4.69, 9.17) is 0 Å². The Balaban J connectivity index is 1.68. The van der Waals surface area contributed by atoms with Gasteiger partial charge in [-0.3, -0.25) is 9.69 Å². The van der Waals surface area contributed by atoms with Gasteiger partial charge >= 0.3 is 0 Å². The molecule has 0 N–H and O–H groups in total. The van der Waals surface area contributed by atoms with E-state index in [1.807, 2.05) is 11.3 Å². The van der Waals surface area contributed by atoms with Gasteiger partial charge < -0.3 is 0 Å². The fraction of sp³-hybridized carbons (Fsp3) is 0.688. The third-order valence-corrected chi connectivity index (χ3v) is 6.22. The van der Waals surface area contributed by atoms with Gasteiger partial charge in [0, 0.05) is 35.8 Å². The van der Waals surface area contributed by atoms with Crippen LogP contribution in [0, 0.1) is 0 Å². The number of aryl methyl sites for hydroxylation is 1. The first-order chi connectivity index (χ1) is 9.33. The van der Waals surface area contributed by atoms with Crippen molar-refractivity contribution in [3.63, 3.8) is 0 Å². The van der Waals surface area contributed by atoms with Gasteiger partial charge in [0.05, 0.1) is 0 Å². The van der Waals surface area contributed by atoms with Crippen molar-refractivity contribution in [3.8, 4) is 0 Å². The van der Waals surface area contributed by atoms with E-state index in [1.165, 1.54) is 38.5 Å². The van der Waals surface area contributed by atoms with Gasteiger partial charge in [0.25, 0.3) is 0 Å². The summed E-state index contributed by atoms with van der Waals surface area (Å²) >= 11 is 1.93. The summed E-state index contributed by atoms with van der Waals surface area (Å²) in [6.07, 6.45) is 9.30. The maximum atomic E-state index is 11.9. The van der Waals surface area contributed by atoms with E-state index in [9.17, 15) is 4.79 Å². The summed E-state index contributed by atoms with van der Waals surface area (Å²) in [6, 6.07) is 4.03. The number of thiophene rings is 1. The second-order valence-corrected chi connectivity index (χ2v) is 7.34. The van der Waals surface area contributed by atoms with Crippen LogP contribution in [0.2, 0.25) is 0 Å². The minimum Gasteiger partial charge on any atom is -0.300 e. The van der Waals surface area contributed by atoms with Crippen LogP contribution < -0.4 is 0 Å². The number of carbonyl (C=O) groups is 1. The zero-order valence-electron chi connectivity index (χ0n) is 11.3. The van der Waals surface area contributed by atoms with Crippen molar-refractivity contribution in [2.75, 3.05) is 0 Å². The van der Waals surface area contributed by atoms with Crippen LogP contribution in [0.25, 0.3) is 0 Å². The highest BCUT2D eigenvalue weighted by atomic mass is 32.1. The van der Waals surface area contributed by atoms with Crippen molar-refractivity contribution in [3.05, 3.63) is 21.9 Å². The Morgan fingerprint density at radius 3 is 2.68 bits per heavy atom. The molecule has 0 aromatic carbocycles. The smallest absolute Gasteiger partial charge is 0.136 e. The minimum atomic E-state index is 0.507. The Kier molecular flexibility index (Phi) is 3.00. The van der Waals surface area contributed by atoms with Crippen molar-refractivity contribution >= 4 is 17.1 Å². The lowest BCUT2D eigenvalue weighted by atomic mass is 9.79. The van der Waals surface area contributed by atoms with E-state index in [1.54, 1.807) is 10.4 Å². The Hall–Kier alpha value is -0.670. The van der Waals surface area contributed by atoms with Crippen molar-refractivity contribution in [2.45, 2.75) is 69.5 Å². The van der Waals surface area contributed by atoms with E-state index in [0.717, 1.165) is 12.8 Å². The molecular formula is C16H21NOS. The molecule has 2 saturated heterocycles. The molecular weight excluding hydrogens is 254 g/mol. The van der Waals surface area contributed by atoms with Gasteiger partial charge in [0.2, 0.25) is 0 Å². The monoisotopic (exact) mass is 275 g/mol. The SMILES string of the molecule is O=C1CC2CCCC(C1)N2C1CCCc2sccc21. The normalized spacial score (nSPS) is 35.2. The van der Waals surface area contributed by atoms with Crippen LogP contribution in [0.5, 0.6) is 0 Å². The van der Waals surface area contributed by atoms with Gasteiger partial charge in [-0.1, -0.05) is 6.42 Å². The summed E-state index contributed by atoms with van der Waals surface area (Å²) in [4.78, 5) is 16.2. The first kappa shape index (κ1) is 12.1. The molecule has 19 heavy (non-hydrogen) atoms. The first-order valence-electron chi connectivity index (χ1n) is 7.68. The van der Waals surface area contributed by atoms with E-state index < -0.39 is 0 Å². The van der Waals surface area contributed by atoms with Crippen molar-refractivity contribution in [1.29, 1.82) is 0 Å². The zero-order chi connectivity index (χ0) is 12.8. The lowest BCUT2D eigenvalue weighted by Gasteiger charge is -2.50. The number of hydrogen-bond donors (Lipinski definition) is 0. The third kappa shape index (κ3) is 1.98. The molecule has 3 aliphatic rings. The van der Waals surface area contributed by atoms with E-state index >= 15 is 0 Å². The van der Waals surface area contributed by atoms with Gasteiger partial charge in [-0.2, -0.15) is 0 Å². The zero-order valence-corrected chi connectivity index (χ0v) is 12.1. The second kappa shape index (κ2) is 4.71. The molecule has 1 aliphatic carbocycles. The van der Waals surface area contributed by atoms with Crippen LogP contribution >= 0.6 is 11.3 Å². The molecule has 2 nitrogen and oxygen atoms in total. The summed E-state index contributed by atoms with van der Waals surface area (Å²) in [5, 5.41) is 2.26.